The maximum Gasteiger partial charge on any atom is 0.0751 e. The van der Waals surface area contributed by atoms with Crippen LogP contribution in [0.2, 0.25) is 0 Å². The van der Waals surface area contributed by atoms with E-state index in [9.17, 15) is 0 Å². The van der Waals surface area contributed by atoms with Crippen LogP contribution in [0.5, 0.6) is 0 Å². The minimum absolute atomic E-state index is 0.187. The van der Waals surface area contributed by atoms with Crippen molar-refractivity contribution in [2.75, 3.05) is 6.54 Å². The zero-order chi connectivity index (χ0) is 14.5. The van der Waals surface area contributed by atoms with Gasteiger partial charge in [-0.15, -0.1) is 0 Å². The van der Waals surface area contributed by atoms with E-state index in [-0.39, 0.29) is 6.04 Å². The van der Waals surface area contributed by atoms with Crippen LogP contribution in [0, 0.1) is 6.92 Å². The molecular formula is C16H22BrN3. The minimum atomic E-state index is 0.187. The fraction of sp³-hybridized carbons (Fsp3) is 0.438. The SMILES string of the molecule is CCCn1nccc1C(NCC)c1cccc(Br)c1C. The van der Waals surface area contributed by atoms with Crippen LogP contribution < -0.4 is 5.32 Å². The quantitative estimate of drug-likeness (QED) is 0.862. The molecule has 1 N–H and O–H groups in total. The lowest BCUT2D eigenvalue weighted by molar-refractivity contribution is 0.519. The van der Waals surface area contributed by atoms with Crippen LogP contribution in [-0.2, 0) is 6.54 Å². The van der Waals surface area contributed by atoms with Gasteiger partial charge in [-0.25, -0.2) is 0 Å². The van der Waals surface area contributed by atoms with Gasteiger partial charge in [-0.2, -0.15) is 5.10 Å². The van der Waals surface area contributed by atoms with Gasteiger partial charge in [-0.05, 0) is 43.1 Å². The van der Waals surface area contributed by atoms with Crippen molar-refractivity contribution in [2.45, 2.75) is 39.8 Å². The molecule has 0 spiro atoms. The lowest BCUT2D eigenvalue weighted by atomic mass is 9.98. The summed E-state index contributed by atoms with van der Waals surface area (Å²) in [5, 5.41) is 8.04. The van der Waals surface area contributed by atoms with E-state index in [2.05, 4.69) is 76.1 Å². The average Bonchev–Trinajstić information content (AvgIpc) is 2.88. The highest BCUT2D eigenvalue weighted by Crippen LogP contribution is 2.29. The van der Waals surface area contributed by atoms with Gasteiger partial charge in [-0.3, -0.25) is 4.68 Å². The first-order valence-electron chi connectivity index (χ1n) is 7.19. The van der Waals surface area contributed by atoms with Gasteiger partial charge in [0.1, 0.15) is 0 Å². The highest BCUT2D eigenvalue weighted by Gasteiger charge is 2.19. The molecule has 4 heteroatoms. The number of nitrogens with one attached hydrogen (secondary N) is 1. The molecule has 1 aromatic carbocycles. The molecule has 0 amide bonds. The highest BCUT2D eigenvalue weighted by molar-refractivity contribution is 9.10. The number of hydrogen-bond acceptors (Lipinski definition) is 2. The second-order valence-corrected chi connectivity index (χ2v) is 5.78. The van der Waals surface area contributed by atoms with Gasteiger partial charge in [0.2, 0.25) is 0 Å². The molecule has 0 aliphatic carbocycles. The van der Waals surface area contributed by atoms with E-state index in [4.69, 9.17) is 0 Å². The molecule has 20 heavy (non-hydrogen) atoms. The topological polar surface area (TPSA) is 29.9 Å². The number of hydrogen-bond donors (Lipinski definition) is 1. The standard InChI is InChI=1S/C16H22BrN3/c1-4-11-20-15(9-10-19-20)16(18-5-2)13-7-6-8-14(17)12(13)3/h6-10,16,18H,4-5,11H2,1-3H3. The summed E-state index contributed by atoms with van der Waals surface area (Å²) < 4.78 is 3.26. The van der Waals surface area contributed by atoms with E-state index in [1.165, 1.54) is 16.8 Å². The summed E-state index contributed by atoms with van der Waals surface area (Å²) in [6.07, 6.45) is 2.98. The second kappa shape index (κ2) is 7.04. The Balaban J connectivity index is 2.45. The molecule has 0 radical (unpaired) electrons. The van der Waals surface area contributed by atoms with E-state index < -0.39 is 0 Å². The second-order valence-electron chi connectivity index (χ2n) is 4.92. The molecule has 3 nitrogen and oxygen atoms in total. The predicted octanol–water partition coefficient (Wildman–Crippen LogP) is 4.06. The van der Waals surface area contributed by atoms with Crippen LogP contribution >= 0.6 is 15.9 Å². The molecule has 2 rings (SSSR count). The molecule has 1 heterocycles. The molecule has 0 aliphatic heterocycles. The number of benzene rings is 1. The molecule has 0 saturated carbocycles. The van der Waals surface area contributed by atoms with Crippen molar-refractivity contribution in [3.05, 3.63) is 51.8 Å². The van der Waals surface area contributed by atoms with Gasteiger partial charge < -0.3 is 5.32 Å². The summed E-state index contributed by atoms with van der Waals surface area (Å²) in [5.41, 5.74) is 3.82. The van der Waals surface area contributed by atoms with E-state index >= 15 is 0 Å². The Kier molecular flexibility index (Phi) is 5.38. The first kappa shape index (κ1) is 15.3. The van der Waals surface area contributed by atoms with Crippen LogP contribution in [0.4, 0.5) is 0 Å². The molecule has 0 bridgehead atoms. The van der Waals surface area contributed by atoms with Crippen molar-refractivity contribution in [3.63, 3.8) is 0 Å². The van der Waals surface area contributed by atoms with E-state index in [0.29, 0.717) is 0 Å². The summed E-state index contributed by atoms with van der Waals surface area (Å²) in [5.74, 6) is 0. The number of halogens is 1. The molecule has 108 valence electrons. The van der Waals surface area contributed by atoms with Crippen LogP contribution in [-0.4, -0.2) is 16.3 Å². The van der Waals surface area contributed by atoms with Crippen molar-refractivity contribution in [1.82, 2.24) is 15.1 Å². The predicted molar refractivity (Wildman–Crippen MR) is 86.9 cm³/mol. The Morgan fingerprint density at radius 3 is 2.80 bits per heavy atom. The van der Waals surface area contributed by atoms with E-state index in [1.807, 2.05) is 6.20 Å². The Hall–Kier alpha value is -1.13. The summed E-state index contributed by atoms with van der Waals surface area (Å²) in [7, 11) is 0. The summed E-state index contributed by atoms with van der Waals surface area (Å²) in [6, 6.07) is 8.68. The van der Waals surface area contributed by atoms with E-state index in [0.717, 1.165) is 24.0 Å². The molecule has 1 unspecified atom stereocenters. The van der Waals surface area contributed by atoms with Crippen molar-refractivity contribution >= 4 is 15.9 Å². The fourth-order valence-corrected chi connectivity index (χ4v) is 2.88. The first-order chi connectivity index (χ1) is 9.69. The average molecular weight is 336 g/mol. The molecular weight excluding hydrogens is 314 g/mol. The van der Waals surface area contributed by atoms with Gasteiger partial charge in [0.25, 0.3) is 0 Å². The van der Waals surface area contributed by atoms with Gasteiger partial charge in [0.15, 0.2) is 0 Å². The molecule has 1 aromatic heterocycles. The van der Waals surface area contributed by atoms with Crippen LogP contribution in [0.1, 0.15) is 43.1 Å². The third-order valence-electron chi connectivity index (χ3n) is 3.51. The van der Waals surface area contributed by atoms with Gasteiger partial charge in [-0.1, -0.05) is 41.9 Å². The summed E-state index contributed by atoms with van der Waals surface area (Å²) >= 11 is 3.63. The van der Waals surface area contributed by atoms with Gasteiger partial charge in [0.05, 0.1) is 11.7 Å². The van der Waals surface area contributed by atoms with Crippen molar-refractivity contribution < 1.29 is 0 Å². The summed E-state index contributed by atoms with van der Waals surface area (Å²) in [4.78, 5) is 0. The van der Waals surface area contributed by atoms with Crippen LogP contribution in [0.25, 0.3) is 0 Å². The molecule has 0 fully saturated rings. The zero-order valence-electron chi connectivity index (χ0n) is 12.4. The number of aryl methyl sites for hydroxylation is 1. The fourth-order valence-electron chi connectivity index (χ4n) is 2.50. The van der Waals surface area contributed by atoms with E-state index in [1.54, 1.807) is 0 Å². The smallest absolute Gasteiger partial charge is 0.0751 e. The van der Waals surface area contributed by atoms with Crippen LogP contribution in [0.3, 0.4) is 0 Å². The van der Waals surface area contributed by atoms with Crippen molar-refractivity contribution in [2.24, 2.45) is 0 Å². The Morgan fingerprint density at radius 2 is 2.10 bits per heavy atom. The van der Waals surface area contributed by atoms with Crippen LogP contribution in [0.15, 0.2) is 34.9 Å². The Morgan fingerprint density at radius 1 is 1.30 bits per heavy atom. The highest BCUT2D eigenvalue weighted by atomic mass is 79.9. The summed E-state index contributed by atoms with van der Waals surface area (Å²) in [6.45, 7) is 8.36. The normalized spacial score (nSPS) is 12.6. The molecule has 1 atom stereocenters. The third-order valence-corrected chi connectivity index (χ3v) is 4.37. The maximum atomic E-state index is 4.45. The molecule has 0 saturated heterocycles. The third kappa shape index (κ3) is 3.13. The number of rotatable bonds is 6. The van der Waals surface area contributed by atoms with Gasteiger partial charge in [0, 0.05) is 17.2 Å². The largest absolute Gasteiger partial charge is 0.305 e. The number of aromatic nitrogens is 2. The molecule has 0 aliphatic rings. The lowest BCUT2D eigenvalue weighted by Crippen LogP contribution is -2.25. The van der Waals surface area contributed by atoms with Crippen molar-refractivity contribution in [3.8, 4) is 0 Å². The molecule has 2 aromatic rings. The number of nitrogens with zero attached hydrogens (tertiary/aromatic N) is 2. The lowest BCUT2D eigenvalue weighted by Gasteiger charge is -2.22. The minimum Gasteiger partial charge on any atom is -0.305 e. The Bertz CT molecular complexity index is 563. The van der Waals surface area contributed by atoms with Crippen molar-refractivity contribution in [1.29, 1.82) is 0 Å². The van der Waals surface area contributed by atoms with Gasteiger partial charge >= 0.3 is 0 Å². The Labute approximate surface area is 129 Å². The maximum absolute atomic E-state index is 4.45. The zero-order valence-corrected chi connectivity index (χ0v) is 13.9. The monoisotopic (exact) mass is 335 g/mol. The first-order valence-corrected chi connectivity index (χ1v) is 7.98.